The van der Waals surface area contributed by atoms with Crippen molar-refractivity contribution in [3.63, 3.8) is 0 Å². The predicted molar refractivity (Wildman–Crippen MR) is 97.9 cm³/mol. The Kier molecular flexibility index (Phi) is 3.65. The van der Waals surface area contributed by atoms with E-state index < -0.39 is 5.91 Å². The summed E-state index contributed by atoms with van der Waals surface area (Å²) in [6.07, 6.45) is 7.52. The van der Waals surface area contributed by atoms with Crippen LogP contribution >= 0.6 is 11.3 Å². The van der Waals surface area contributed by atoms with Crippen molar-refractivity contribution >= 4 is 33.9 Å². The molecule has 1 amide bonds. The van der Waals surface area contributed by atoms with Gasteiger partial charge in [0.2, 0.25) is 0 Å². The van der Waals surface area contributed by atoms with E-state index in [-0.39, 0.29) is 6.04 Å². The molecule has 0 saturated heterocycles. The smallest absolute Gasteiger partial charge is 0.259 e. The third-order valence-corrected chi connectivity index (χ3v) is 5.30. The summed E-state index contributed by atoms with van der Waals surface area (Å²) in [6.45, 7) is 2.50. The number of amidine groups is 2. The Morgan fingerprint density at radius 3 is 3.00 bits per heavy atom. The first-order chi connectivity index (χ1) is 12.0. The van der Waals surface area contributed by atoms with Gasteiger partial charge in [0.25, 0.3) is 5.91 Å². The lowest BCUT2D eigenvalue weighted by Gasteiger charge is -2.26. The van der Waals surface area contributed by atoms with Gasteiger partial charge in [0.1, 0.15) is 0 Å². The van der Waals surface area contributed by atoms with Gasteiger partial charge in [-0.25, -0.2) is 4.99 Å². The van der Waals surface area contributed by atoms with Gasteiger partial charge in [-0.15, -0.1) is 11.3 Å². The van der Waals surface area contributed by atoms with E-state index in [1.165, 1.54) is 11.3 Å². The number of amides is 1. The summed E-state index contributed by atoms with van der Waals surface area (Å²) in [7, 11) is 1.90. The lowest BCUT2D eigenvalue weighted by atomic mass is 10.1. The van der Waals surface area contributed by atoms with Crippen LogP contribution in [0.1, 0.15) is 26.8 Å². The minimum Gasteiger partial charge on any atom is -0.365 e. The molecule has 0 spiro atoms. The van der Waals surface area contributed by atoms with E-state index >= 15 is 0 Å². The fraction of sp³-hybridized carbons (Fsp3) is 0.250. The molecule has 2 aliphatic rings. The molecule has 0 aromatic carbocycles. The number of nitrogens with two attached hydrogens (primary N) is 1. The first-order valence-corrected chi connectivity index (χ1v) is 8.58. The third kappa shape index (κ3) is 2.72. The molecule has 128 valence electrons. The minimum absolute atomic E-state index is 0.110. The van der Waals surface area contributed by atoms with Gasteiger partial charge < -0.3 is 16.0 Å². The van der Waals surface area contributed by atoms with E-state index in [9.17, 15) is 4.79 Å². The molecule has 2 aromatic heterocycles. The van der Waals surface area contributed by atoms with Crippen molar-refractivity contribution in [2.75, 3.05) is 11.9 Å². The van der Waals surface area contributed by atoms with E-state index in [0.29, 0.717) is 17.3 Å². The lowest BCUT2D eigenvalue weighted by molar-refractivity contribution is 0.100. The maximum absolute atomic E-state index is 11.4. The van der Waals surface area contributed by atoms with Gasteiger partial charge in [-0.05, 0) is 18.6 Å². The van der Waals surface area contributed by atoms with Crippen molar-refractivity contribution in [1.82, 2.24) is 14.7 Å². The predicted octanol–water partition coefficient (Wildman–Crippen LogP) is 1.64. The number of aromatic nitrogens is 2. The zero-order valence-corrected chi connectivity index (χ0v) is 14.6. The summed E-state index contributed by atoms with van der Waals surface area (Å²) in [6, 6.07) is 2.00. The maximum Gasteiger partial charge on any atom is 0.259 e. The first-order valence-electron chi connectivity index (χ1n) is 7.76. The quantitative estimate of drug-likeness (QED) is 0.874. The van der Waals surface area contributed by atoms with Crippen molar-refractivity contribution in [3.8, 4) is 0 Å². The average Bonchev–Trinajstić information content (AvgIpc) is 3.26. The van der Waals surface area contributed by atoms with Gasteiger partial charge in [0.15, 0.2) is 11.7 Å². The van der Waals surface area contributed by atoms with E-state index in [4.69, 9.17) is 5.73 Å². The molecule has 9 heteroatoms. The number of hydrogen-bond acceptors (Lipinski definition) is 7. The van der Waals surface area contributed by atoms with E-state index in [2.05, 4.69) is 25.3 Å². The zero-order valence-electron chi connectivity index (χ0n) is 13.8. The van der Waals surface area contributed by atoms with Gasteiger partial charge >= 0.3 is 0 Å². The number of aryl methyl sites for hydroxylation is 2. The van der Waals surface area contributed by atoms with E-state index in [1.807, 2.05) is 38.6 Å². The topological polar surface area (TPSA) is 101 Å². The molecule has 0 radical (unpaired) electrons. The molecule has 8 nitrogen and oxygen atoms in total. The van der Waals surface area contributed by atoms with Gasteiger partial charge in [-0.1, -0.05) is 0 Å². The molecule has 1 atom stereocenters. The molecule has 4 rings (SSSR count). The van der Waals surface area contributed by atoms with Crippen molar-refractivity contribution in [2.45, 2.75) is 13.0 Å². The van der Waals surface area contributed by atoms with Gasteiger partial charge in [0, 0.05) is 31.2 Å². The number of hydrogen-bond donors (Lipinski definition) is 2. The van der Waals surface area contributed by atoms with Crippen LogP contribution in [-0.4, -0.2) is 38.8 Å². The van der Waals surface area contributed by atoms with Crippen LogP contribution in [0, 0.1) is 6.92 Å². The molecule has 2 aromatic rings. The second kappa shape index (κ2) is 5.85. The first kappa shape index (κ1) is 15.6. The third-order valence-electron chi connectivity index (χ3n) is 4.13. The SMILES string of the molecule is Cc1cc(NC2=NC=CN3C2=NCC3c2cnn(C)c2)sc1C(N)=O. The number of aliphatic imine (C=N–C) groups is 2. The largest absolute Gasteiger partial charge is 0.365 e. The summed E-state index contributed by atoms with van der Waals surface area (Å²) < 4.78 is 1.79. The summed E-state index contributed by atoms with van der Waals surface area (Å²) in [5.74, 6) is 1.02. The number of anilines is 1. The Morgan fingerprint density at radius 2 is 2.32 bits per heavy atom. The van der Waals surface area contributed by atoms with Gasteiger partial charge in [0.05, 0.1) is 28.7 Å². The Bertz CT molecular complexity index is 936. The van der Waals surface area contributed by atoms with Crippen LogP contribution in [0.25, 0.3) is 0 Å². The fourth-order valence-corrected chi connectivity index (χ4v) is 3.89. The monoisotopic (exact) mass is 355 g/mol. The molecular weight excluding hydrogens is 338 g/mol. The van der Waals surface area contributed by atoms with Crippen molar-refractivity contribution in [3.05, 3.63) is 46.9 Å². The molecule has 25 heavy (non-hydrogen) atoms. The molecule has 0 saturated carbocycles. The average molecular weight is 355 g/mol. The van der Waals surface area contributed by atoms with Crippen LogP contribution in [0.3, 0.4) is 0 Å². The number of fused-ring (bicyclic) bond motifs is 1. The highest BCUT2D eigenvalue weighted by molar-refractivity contribution is 7.18. The number of nitrogens with one attached hydrogen (secondary N) is 1. The van der Waals surface area contributed by atoms with Crippen LogP contribution < -0.4 is 11.1 Å². The Labute approximate surface area is 148 Å². The van der Waals surface area contributed by atoms with Crippen molar-refractivity contribution in [1.29, 1.82) is 0 Å². The molecule has 4 heterocycles. The number of carbonyl (C=O) groups excluding carboxylic acids is 1. The molecule has 2 aliphatic heterocycles. The second-order valence-electron chi connectivity index (χ2n) is 5.92. The molecule has 0 aliphatic carbocycles. The summed E-state index contributed by atoms with van der Waals surface area (Å²) in [5, 5.41) is 8.32. The number of primary amides is 1. The highest BCUT2D eigenvalue weighted by atomic mass is 32.1. The second-order valence-corrected chi connectivity index (χ2v) is 6.97. The number of nitrogens with zero attached hydrogens (tertiary/aromatic N) is 5. The number of thiophene rings is 1. The summed E-state index contributed by atoms with van der Waals surface area (Å²) in [4.78, 5) is 23.1. The van der Waals surface area contributed by atoms with Gasteiger partial charge in [-0.2, -0.15) is 5.10 Å². The number of rotatable bonds is 3. The molecule has 1 unspecified atom stereocenters. The van der Waals surface area contributed by atoms with Crippen LogP contribution in [0.2, 0.25) is 0 Å². The van der Waals surface area contributed by atoms with Crippen molar-refractivity contribution < 1.29 is 4.79 Å². The van der Waals surface area contributed by atoms with Crippen LogP contribution in [-0.2, 0) is 7.05 Å². The molecule has 0 fully saturated rings. The molecule has 3 N–H and O–H groups in total. The minimum atomic E-state index is -0.419. The van der Waals surface area contributed by atoms with Crippen LogP contribution in [0.5, 0.6) is 0 Å². The standard InChI is InChI=1S/C16H17N7OS/c1-9-5-12(25-13(9)14(17)24)21-15-16-19-7-11(23(16)4-3-18-15)10-6-20-22(2)8-10/h3-6,8,11H,7H2,1-2H3,(H2,17,24)(H,18,21). The summed E-state index contributed by atoms with van der Waals surface area (Å²) >= 11 is 1.32. The van der Waals surface area contributed by atoms with Gasteiger partial charge in [-0.3, -0.25) is 14.5 Å². The Hall–Kier alpha value is -2.94. The van der Waals surface area contributed by atoms with Crippen molar-refractivity contribution in [2.24, 2.45) is 22.8 Å². The normalized spacial score (nSPS) is 18.8. The van der Waals surface area contributed by atoms with E-state index in [1.54, 1.807) is 10.9 Å². The molecule has 0 bridgehead atoms. The Balaban J connectivity index is 1.56. The number of carbonyl (C=O) groups is 1. The van der Waals surface area contributed by atoms with Crippen LogP contribution in [0.15, 0.2) is 40.8 Å². The fourth-order valence-electron chi connectivity index (χ4n) is 2.97. The highest BCUT2D eigenvalue weighted by Crippen LogP contribution is 2.30. The summed E-state index contributed by atoms with van der Waals surface area (Å²) in [5.41, 5.74) is 7.35. The highest BCUT2D eigenvalue weighted by Gasteiger charge is 2.33. The van der Waals surface area contributed by atoms with E-state index in [0.717, 1.165) is 22.0 Å². The maximum atomic E-state index is 11.4. The van der Waals surface area contributed by atoms with Crippen LogP contribution in [0.4, 0.5) is 5.00 Å². The lowest BCUT2D eigenvalue weighted by Crippen LogP contribution is -2.36. The molecular formula is C16H17N7OS. The Morgan fingerprint density at radius 1 is 1.48 bits per heavy atom. The zero-order chi connectivity index (χ0) is 17.6.